The third-order valence-corrected chi connectivity index (χ3v) is 6.29. The Kier molecular flexibility index (Phi) is 14.9. The van der Waals surface area contributed by atoms with Crippen molar-refractivity contribution in [1.82, 2.24) is 0 Å². The average Bonchev–Trinajstić information content (AvgIpc) is 2.60. The summed E-state index contributed by atoms with van der Waals surface area (Å²) in [4.78, 5) is 11.1. The molecule has 174 valence electrons. The predicted molar refractivity (Wildman–Crippen MR) is 113 cm³/mol. The van der Waals surface area contributed by atoms with Crippen LogP contribution in [0.3, 0.4) is 0 Å². The van der Waals surface area contributed by atoms with E-state index in [-0.39, 0.29) is 10.2 Å². The van der Waals surface area contributed by atoms with Crippen LogP contribution in [0.15, 0.2) is 0 Å². The fourth-order valence-electron chi connectivity index (χ4n) is 2.95. The van der Waals surface area contributed by atoms with Crippen LogP contribution in [0.4, 0.5) is 13.2 Å². The standard InChI is InChI=1S/C21H41F3NO3S/c1-5-6-7-8-9-10-11-12-13-14-15-16-17-29(27)18-19(25(2,3)4)28-20(26)21(22,23)24/h19H,5-18H2,1-4H3/q+1. The molecular formula is C21H41F3NO3S+. The first-order chi connectivity index (χ1) is 13.5. The van der Waals surface area contributed by atoms with Crippen LogP contribution in [0.2, 0.25) is 0 Å². The number of hydrogen-bond donors (Lipinski definition) is 0. The van der Waals surface area contributed by atoms with Crippen molar-refractivity contribution in [3.8, 4) is 0 Å². The van der Waals surface area contributed by atoms with Gasteiger partial charge in [-0.05, 0) is 6.42 Å². The molecule has 0 aliphatic heterocycles. The molecule has 4 nitrogen and oxygen atoms in total. The van der Waals surface area contributed by atoms with Crippen LogP contribution in [-0.4, -0.2) is 59.7 Å². The van der Waals surface area contributed by atoms with Gasteiger partial charge in [0, 0.05) is 16.6 Å². The molecule has 0 saturated carbocycles. The Morgan fingerprint density at radius 3 is 1.66 bits per heavy atom. The second kappa shape index (κ2) is 15.2. The second-order valence-electron chi connectivity index (χ2n) is 8.67. The molecule has 0 N–H and O–H groups in total. The van der Waals surface area contributed by atoms with Crippen LogP contribution < -0.4 is 0 Å². The molecule has 0 aliphatic carbocycles. The summed E-state index contributed by atoms with van der Waals surface area (Å²) in [6, 6.07) is 0. The Morgan fingerprint density at radius 2 is 1.28 bits per heavy atom. The number of quaternary nitrogens is 1. The summed E-state index contributed by atoms with van der Waals surface area (Å²) in [5.74, 6) is -1.88. The van der Waals surface area contributed by atoms with E-state index in [9.17, 15) is 22.2 Å². The minimum absolute atomic E-state index is 0.0218. The number of alkyl halides is 3. The number of carbonyl (C=O) groups is 1. The first-order valence-electron chi connectivity index (χ1n) is 10.9. The highest BCUT2D eigenvalue weighted by molar-refractivity contribution is 7.85. The largest absolute Gasteiger partial charge is 0.491 e. The Balaban J connectivity index is 3.91. The molecule has 0 saturated heterocycles. The van der Waals surface area contributed by atoms with Gasteiger partial charge < -0.3 is 4.74 Å². The highest BCUT2D eigenvalue weighted by Crippen LogP contribution is 2.20. The van der Waals surface area contributed by atoms with Gasteiger partial charge >= 0.3 is 12.1 Å². The van der Waals surface area contributed by atoms with Gasteiger partial charge in [0.25, 0.3) is 0 Å². The molecule has 8 heteroatoms. The van der Waals surface area contributed by atoms with E-state index in [1.807, 2.05) is 0 Å². The number of nitrogens with zero attached hydrogens (tertiary/aromatic N) is 1. The van der Waals surface area contributed by atoms with Gasteiger partial charge in [-0.1, -0.05) is 77.6 Å². The van der Waals surface area contributed by atoms with Gasteiger partial charge in [-0.2, -0.15) is 13.2 Å². The van der Waals surface area contributed by atoms with Gasteiger partial charge in [0.15, 0.2) is 0 Å². The molecule has 2 atom stereocenters. The molecule has 0 aliphatic rings. The summed E-state index contributed by atoms with van der Waals surface area (Å²) in [6.45, 7) is 2.22. The Morgan fingerprint density at radius 1 is 0.862 bits per heavy atom. The van der Waals surface area contributed by atoms with Crippen molar-refractivity contribution in [3.05, 3.63) is 0 Å². The van der Waals surface area contributed by atoms with Crippen molar-refractivity contribution in [2.45, 2.75) is 96.4 Å². The van der Waals surface area contributed by atoms with Crippen molar-refractivity contribution < 1.29 is 31.4 Å². The van der Waals surface area contributed by atoms with Crippen LogP contribution in [0.1, 0.15) is 84.0 Å². The van der Waals surface area contributed by atoms with E-state index in [1.165, 1.54) is 57.8 Å². The number of esters is 1. The Labute approximate surface area is 177 Å². The first kappa shape index (κ1) is 28.4. The zero-order valence-electron chi connectivity index (χ0n) is 18.7. The number of halogens is 3. The monoisotopic (exact) mass is 444 g/mol. The fraction of sp³-hybridized carbons (Fsp3) is 0.952. The van der Waals surface area contributed by atoms with Gasteiger partial charge in [-0.15, -0.1) is 0 Å². The molecule has 0 spiro atoms. The number of ether oxygens (including phenoxy) is 1. The molecule has 0 fully saturated rings. The van der Waals surface area contributed by atoms with Crippen LogP contribution in [0.25, 0.3) is 0 Å². The summed E-state index contributed by atoms with van der Waals surface area (Å²) >= 11 is 0. The van der Waals surface area contributed by atoms with Gasteiger partial charge in [0.05, 0.1) is 21.1 Å². The van der Waals surface area contributed by atoms with Crippen LogP contribution in [0.5, 0.6) is 0 Å². The van der Waals surface area contributed by atoms with E-state index in [2.05, 4.69) is 11.7 Å². The topological polar surface area (TPSA) is 43.4 Å². The van der Waals surface area contributed by atoms with E-state index < -0.39 is 29.2 Å². The zero-order valence-corrected chi connectivity index (χ0v) is 19.5. The third-order valence-electron chi connectivity index (χ3n) is 4.89. The van der Waals surface area contributed by atoms with E-state index in [0.717, 1.165) is 19.3 Å². The van der Waals surface area contributed by atoms with E-state index >= 15 is 0 Å². The lowest BCUT2D eigenvalue weighted by Crippen LogP contribution is -2.52. The van der Waals surface area contributed by atoms with Crippen molar-refractivity contribution in [3.63, 3.8) is 0 Å². The second-order valence-corrected chi connectivity index (χ2v) is 10.3. The quantitative estimate of drug-likeness (QED) is 0.127. The molecule has 0 bridgehead atoms. The number of carbonyl (C=O) groups excluding carboxylic acids is 1. The zero-order chi connectivity index (χ0) is 22.3. The first-order valence-corrected chi connectivity index (χ1v) is 12.4. The number of rotatable bonds is 17. The Hall–Kier alpha value is -0.630. The maximum Gasteiger partial charge on any atom is 0.491 e. The molecule has 0 rings (SSSR count). The molecule has 0 heterocycles. The minimum Gasteiger partial charge on any atom is -0.405 e. The summed E-state index contributed by atoms with van der Waals surface area (Å²) in [6.07, 6.45) is 8.32. The van der Waals surface area contributed by atoms with Crippen LogP contribution >= 0.6 is 0 Å². The normalized spacial score (nSPS) is 14.6. The molecule has 0 radical (unpaired) electrons. The van der Waals surface area contributed by atoms with Crippen molar-refractivity contribution in [2.24, 2.45) is 0 Å². The SMILES string of the molecule is CCCCCCCCCCCCCCS(=O)CC(OC(=O)C(F)(F)F)[N+](C)(C)C. The lowest BCUT2D eigenvalue weighted by atomic mass is 10.1. The highest BCUT2D eigenvalue weighted by Gasteiger charge is 2.44. The number of unbranched alkanes of at least 4 members (excludes halogenated alkanes) is 11. The summed E-state index contributed by atoms with van der Waals surface area (Å²) in [5, 5.41) is 0. The maximum absolute atomic E-state index is 12.4. The summed E-state index contributed by atoms with van der Waals surface area (Å²) < 4.78 is 54.1. The van der Waals surface area contributed by atoms with Crippen LogP contribution in [-0.2, 0) is 20.3 Å². The van der Waals surface area contributed by atoms with Gasteiger partial charge in [-0.3, -0.25) is 8.69 Å². The lowest BCUT2D eigenvalue weighted by Gasteiger charge is -2.32. The molecule has 0 aromatic rings. The number of hydrogen-bond acceptors (Lipinski definition) is 3. The molecule has 0 amide bonds. The van der Waals surface area contributed by atoms with E-state index in [0.29, 0.717) is 5.75 Å². The smallest absolute Gasteiger partial charge is 0.405 e. The van der Waals surface area contributed by atoms with Crippen molar-refractivity contribution >= 4 is 16.8 Å². The van der Waals surface area contributed by atoms with Crippen molar-refractivity contribution in [2.75, 3.05) is 32.6 Å². The minimum atomic E-state index is -5.04. The lowest BCUT2D eigenvalue weighted by molar-refractivity contribution is -0.913. The molecule has 29 heavy (non-hydrogen) atoms. The van der Waals surface area contributed by atoms with E-state index in [1.54, 1.807) is 21.1 Å². The molecule has 2 unspecified atom stereocenters. The van der Waals surface area contributed by atoms with Crippen molar-refractivity contribution in [1.29, 1.82) is 0 Å². The molecule has 0 aromatic heterocycles. The summed E-state index contributed by atoms with van der Waals surface area (Å²) in [5.41, 5.74) is 0. The maximum atomic E-state index is 12.4. The fourth-order valence-corrected chi connectivity index (χ4v) is 4.48. The van der Waals surface area contributed by atoms with Gasteiger partial charge in [0.1, 0.15) is 5.75 Å². The van der Waals surface area contributed by atoms with Gasteiger partial charge in [0.2, 0.25) is 6.23 Å². The highest BCUT2D eigenvalue weighted by atomic mass is 32.2. The Bertz CT molecular complexity index is 465. The summed E-state index contributed by atoms with van der Waals surface area (Å²) in [7, 11) is 3.55. The molecular weight excluding hydrogens is 403 g/mol. The molecule has 0 aromatic carbocycles. The van der Waals surface area contributed by atoms with Gasteiger partial charge in [-0.25, -0.2) is 4.79 Å². The van der Waals surface area contributed by atoms with Crippen LogP contribution in [0, 0.1) is 0 Å². The van der Waals surface area contributed by atoms with E-state index in [4.69, 9.17) is 0 Å². The average molecular weight is 445 g/mol. The predicted octanol–water partition coefficient (Wildman–Crippen LogP) is 5.57. The third kappa shape index (κ3) is 15.8.